The van der Waals surface area contributed by atoms with Crippen molar-refractivity contribution < 1.29 is 9.53 Å². The van der Waals surface area contributed by atoms with Gasteiger partial charge in [0.15, 0.2) is 0 Å². The zero-order valence-corrected chi connectivity index (χ0v) is 23.2. The number of nitrogens with one attached hydrogen (secondary N) is 2. The summed E-state index contributed by atoms with van der Waals surface area (Å²) >= 11 is 0. The minimum atomic E-state index is 0.0279. The van der Waals surface area contributed by atoms with Gasteiger partial charge in [-0.1, -0.05) is 107 Å². The first-order chi connectivity index (χ1) is 18.7. The number of hydrogen-bond donors (Lipinski definition) is 2. The minimum Gasteiger partial charge on any atom is -0.457 e. The Morgan fingerprint density at radius 2 is 1.21 bits per heavy atom. The second kappa shape index (κ2) is 18.2. The van der Waals surface area contributed by atoms with E-state index in [1.807, 2.05) is 66.7 Å². The summed E-state index contributed by atoms with van der Waals surface area (Å²) in [5.41, 5.74) is 3.19. The van der Waals surface area contributed by atoms with E-state index in [0.717, 1.165) is 49.5 Å². The van der Waals surface area contributed by atoms with Crippen LogP contribution in [-0.4, -0.2) is 19.0 Å². The fraction of sp³-hybridized carbons (Fsp3) is 0.441. The van der Waals surface area contributed by atoms with Crippen LogP contribution in [0.25, 0.3) is 0 Å². The summed E-state index contributed by atoms with van der Waals surface area (Å²) in [6, 6.07) is 26.0. The summed E-state index contributed by atoms with van der Waals surface area (Å²) in [6.07, 6.45) is 14.0. The van der Waals surface area contributed by atoms with Gasteiger partial charge in [0.1, 0.15) is 11.5 Å². The van der Waals surface area contributed by atoms with E-state index in [-0.39, 0.29) is 5.91 Å². The van der Waals surface area contributed by atoms with Crippen LogP contribution in [0.1, 0.15) is 92.6 Å². The SMILES string of the molecule is CCCCCCCCCCCCNC(=O)c1ccc(CNCCc2ccc(Oc3ccccc3)cc2)cc1. The molecule has 4 nitrogen and oxygen atoms in total. The van der Waals surface area contributed by atoms with Gasteiger partial charge in [0.05, 0.1) is 0 Å². The molecule has 0 aliphatic heterocycles. The van der Waals surface area contributed by atoms with Crippen molar-refractivity contribution in [3.8, 4) is 11.5 Å². The fourth-order valence-corrected chi connectivity index (χ4v) is 4.50. The summed E-state index contributed by atoms with van der Waals surface area (Å²) in [6.45, 7) is 4.70. The van der Waals surface area contributed by atoms with Crippen LogP contribution in [0.2, 0.25) is 0 Å². The first-order valence-corrected chi connectivity index (χ1v) is 14.6. The third-order valence-electron chi connectivity index (χ3n) is 6.85. The largest absolute Gasteiger partial charge is 0.457 e. The summed E-state index contributed by atoms with van der Waals surface area (Å²) < 4.78 is 5.86. The lowest BCUT2D eigenvalue weighted by Gasteiger charge is -2.09. The lowest BCUT2D eigenvalue weighted by Crippen LogP contribution is -2.24. The van der Waals surface area contributed by atoms with Gasteiger partial charge in [-0.15, -0.1) is 0 Å². The van der Waals surface area contributed by atoms with Crippen LogP contribution in [0.3, 0.4) is 0 Å². The Morgan fingerprint density at radius 3 is 1.87 bits per heavy atom. The molecule has 2 N–H and O–H groups in total. The van der Waals surface area contributed by atoms with Crippen LogP contribution in [0, 0.1) is 0 Å². The maximum atomic E-state index is 12.4. The minimum absolute atomic E-state index is 0.0279. The van der Waals surface area contributed by atoms with Crippen molar-refractivity contribution in [3.05, 3.63) is 95.6 Å². The van der Waals surface area contributed by atoms with Crippen molar-refractivity contribution in [1.29, 1.82) is 0 Å². The van der Waals surface area contributed by atoms with Gasteiger partial charge >= 0.3 is 0 Å². The Morgan fingerprint density at radius 1 is 0.632 bits per heavy atom. The molecule has 0 spiro atoms. The van der Waals surface area contributed by atoms with Crippen LogP contribution in [0.4, 0.5) is 0 Å². The zero-order valence-electron chi connectivity index (χ0n) is 23.2. The molecule has 4 heteroatoms. The second-order valence-electron chi connectivity index (χ2n) is 10.1. The van der Waals surface area contributed by atoms with Crippen LogP contribution in [-0.2, 0) is 13.0 Å². The maximum absolute atomic E-state index is 12.4. The van der Waals surface area contributed by atoms with Crippen molar-refractivity contribution in [3.63, 3.8) is 0 Å². The van der Waals surface area contributed by atoms with Gasteiger partial charge in [-0.2, -0.15) is 0 Å². The Hall–Kier alpha value is -3.11. The molecule has 3 rings (SSSR count). The van der Waals surface area contributed by atoms with E-state index < -0.39 is 0 Å². The molecule has 3 aromatic rings. The summed E-state index contributed by atoms with van der Waals surface area (Å²) in [5, 5.41) is 6.56. The third kappa shape index (κ3) is 12.0. The van der Waals surface area contributed by atoms with E-state index in [0.29, 0.717) is 0 Å². The number of carbonyl (C=O) groups excluding carboxylic acids is 1. The van der Waals surface area contributed by atoms with Gasteiger partial charge < -0.3 is 15.4 Å². The van der Waals surface area contributed by atoms with Crippen LogP contribution < -0.4 is 15.4 Å². The van der Waals surface area contributed by atoms with Crippen molar-refractivity contribution in [1.82, 2.24) is 10.6 Å². The first kappa shape index (κ1) is 29.4. The number of para-hydroxylation sites is 1. The molecule has 0 aliphatic carbocycles. The molecule has 3 aromatic carbocycles. The molecule has 38 heavy (non-hydrogen) atoms. The number of benzene rings is 3. The molecule has 0 aromatic heterocycles. The van der Waals surface area contributed by atoms with E-state index in [1.165, 1.54) is 68.9 Å². The van der Waals surface area contributed by atoms with E-state index in [4.69, 9.17) is 4.74 Å². The molecule has 1 amide bonds. The quantitative estimate of drug-likeness (QED) is 0.158. The summed E-state index contributed by atoms with van der Waals surface area (Å²) in [4.78, 5) is 12.4. The first-order valence-electron chi connectivity index (χ1n) is 14.6. The number of rotatable bonds is 19. The molecular formula is C34H46N2O2. The molecule has 0 radical (unpaired) electrons. The standard InChI is InChI=1S/C34H46N2O2/c1-2-3-4-5-6-7-8-9-10-14-26-36-34(37)31-21-17-30(18-22-31)28-35-27-25-29-19-23-33(24-20-29)38-32-15-12-11-13-16-32/h11-13,15-24,35H,2-10,14,25-28H2,1H3,(H,36,37). The van der Waals surface area contributed by atoms with Gasteiger partial charge in [0.2, 0.25) is 0 Å². The predicted molar refractivity (Wildman–Crippen MR) is 159 cm³/mol. The number of unbranched alkanes of at least 4 members (excludes halogenated alkanes) is 9. The van der Waals surface area contributed by atoms with E-state index in [9.17, 15) is 4.79 Å². The van der Waals surface area contributed by atoms with Crippen LogP contribution >= 0.6 is 0 Å². The van der Waals surface area contributed by atoms with E-state index >= 15 is 0 Å². The highest BCUT2D eigenvalue weighted by molar-refractivity contribution is 5.94. The van der Waals surface area contributed by atoms with Gasteiger partial charge in [-0.3, -0.25) is 4.79 Å². The summed E-state index contributed by atoms with van der Waals surface area (Å²) in [7, 11) is 0. The monoisotopic (exact) mass is 514 g/mol. The molecule has 0 unspecified atom stereocenters. The Balaban J connectivity index is 1.23. The molecule has 0 saturated carbocycles. The average Bonchev–Trinajstić information content (AvgIpc) is 2.95. The Kier molecular flexibility index (Phi) is 14.1. The highest BCUT2D eigenvalue weighted by Gasteiger charge is 2.05. The Labute approximate surface area is 230 Å². The topological polar surface area (TPSA) is 50.4 Å². The third-order valence-corrected chi connectivity index (χ3v) is 6.85. The highest BCUT2D eigenvalue weighted by atomic mass is 16.5. The van der Waals surface area contributed by atoms with Gasteiger partial charge in [-0.05, 0) is 66.9 Å². The lowest BCUT2D eigenvalue weighted by molar-refractivity contribution is 0.0953. The molecule has 0 atom stereocenters. The second-order valence-corrected chi connectivity index (χ2v) is 10.1. The number of amides is 1. The van der Waals surface area contributed by atoms with Crippen molar-refractivity contribution >= 4 is 5.91 Å². The lowest BCUT2D eigenvalue weighted by atomic mass is 10.1. The molecule has 204 valence electrons. The fourth-order valence-electron chi connectivity index (χ4n) is 4.50. The van der Waals surface area contributed by atoms with Gasteiger partial charge in [-0.25, -0.2) is 0 Å². The predicted octanol–water partition coefficient (Wildman–Crippen LogP) is 8.46. The molecule has 0 saturated heterocycles. The van der Waals surface area contributed by atoms with Crippen LogP contribution in [0.15, 0.2) is 78.9 Å². The van der Waals surface area contributed by atoms with Gasteiger partial charge in [0.25, 0.3) is 5.91 Å². The number of ether oxygens (including phenoxy) is 1. The van der Waals surface area contributed by atoms with Crippen molar-refractivity contribution in [2.45, 2.75) is 84.1 Å². The van der Waals surface area contributed by atoms with Gasteiger partial charge in [0, 0.05) is 18.7 Å². The van der Waals surface area contributed by atoms with E-state index in [1.54, 1.807) is 0 Å². The van der Waals surface area contributed by atoms with Crippen molar-refractivity contribution in [2.24, 2.45) is 0 Å². The number of carbonyl (C=O) groups is 1. The average molecular weight is 515 g/mol. The maximum Gasteiger partial charge on any atom is 0.251 e. The molecule has 0 heterocycles. The highest BCUT2D eigenvalue weighted by Crippen LogP contribution is 2.21. The molecular weight excluding hydrogens is 468 g/mol. The summed E-state index contributed by atoms with van der Waals surface area (Å²) in [5.74, 6) is 1.72. The molecule has 0 aliphatic rings. The van der Waals surface area contributed by atoms with Crippen molar-refractivity contribution in [2.75, 3.05) is 13.1 Å². The Bertz CT molecular complexity index is 1020. The smallest absolute Gasteiger partial charge is 0.251 e. The molecule has 0 bridgehead atoms. The van der Waals surface area contributed by atoms with Crippen LogP contribution in [0.5, 0.6) is 11.5 Å². The van der Waals surface area contributed by atoms with E-state index in [2.05, 4.69) is 29.7 Å². The number of hydrogen-bond acceptors (Lipinski definition) is 3. The molecule has 0 fully saturated rings. The normalized spacial score (nSPS) is 10.9. The zero-order chi connectivity index (χ0) is 26.7.